The molecule has 2 N–H and O–H groups in total. The molecule has 0 radical (unpaired) electrons. The Hall–Kier alpha value is -0.780. The van der Waals surface area contributed by atoms with Crippen molar-refractivity contribution in [1.82, 2.24) is 5.32 Å². The molecule has 1 rings (SSSR count). The fourth-order valence-electron chi connectivity index (χ4n) is 1.35. The maximum Gasteiger partial charge on any atom is 0.393 e. The van der Waals surface area contributed by atoms with Gasteiger partial charge in [0.1, 0.15) is 6.04 Å². The van der Waals surface area contributed by atoms with Crippen LogP contribution in [0.25, 0.3) is 0 Å². The van der Waals surface area contributed by atoms with Crippen LogP contribution in [-0.2, 0) is 4.79 Å². The summed E-state index contributed by atoms with van der Waals surface area (Å²) in [6.07, 6.45) is -4.27. The molecule has 3 nitrogen and oxygen atoms in total. The molecule has 0 aromatic rings. The number of rotatable bonds is 1. The normalized spacial score (nSPS) is 30.1. The maximum absolute atomic E-state index is 12.1. The number of alkyl halides is 3. The molecule has 0 aromatic heterocycles. The van der Waals surface area contributed by atoms with Gasteiger partial charge in [0, 0.05) is 6.54 Å². The second-order valence-electron chi connectivity index (χ2n) is 3.11. The maximum atomic E-state index is 12.1. The molecule has 0 unspecified atom stereocenters. The molecule has 1 fully saturated rings. The van der Waals surface area contributed by atoms with E-state index in [4.69, 9.17) is 5.11 Å². The Bertz CT molecular complexity index is 196. The predicted molar refractivity (Wildman–Crippen MR) is 38.2 cm³/mol. The van der Waals surface area contributed by atoms with E-state index < -0.39 is 24.1 Å². The third-order valence-corrected chi connectivity index (χ3v) is 2.18. The highest BCUT2D eigenvalue weighted by atomic mass is 19.4. The molecular weight excluding hydrogens is 187 g/mol. The molecule has 0 saturated carbocycles. The van der Waals surface area contributed by atoms with Gasteiger partial charge in [-0.15, -0.1) is 0 Å². The lowest BCUT2D eigenvalue weighted by molar-refractivity contribution is -0.181. The van der Waals surface area contributed by atoms with Crippen molar-refractivity contribution in [2.75, 3.05) is 6.54 Å². The summed E-state index contributed by atoms with van der Waals surface area (Å²) in [6, 6.07) is -0.821. The average molecular weight is 197 g/mol. The van der Waals surface area contributed by atoms with Crippen LogP contribution in [0.2, 0.25) is 0 Å². The topological polar surface area (TPSA) is 49.3 Å². The summed E-state index contributed by atoms with van der Waals surface area (Å²) in [5.41, 5.74) is 0. The van der Waals surface area contributed by atoms with Crippen LogP contribution in [0, 0.1) is 5.92 Å². The van der Waals surface area contributed by atoms with Gasteiger partial charge in [-0.1, -0.05) is 0 Å². The Morgan fingerprint density at radius 3 is 2.31 bits per heavy atom. The van der Waals surface area contributed by atoms with Crippen molar-refractivity contribution in [3.8, 4) is 0 Å². The quantitative estimate of drug-likeness (QED) is 0.659. The lowest BCUT2D eigenvalue weighted by Crippen LogP contribution is -2.47. The summed E-state index contributed by atoms with van der Waals surface area (Å²) in [6.45, 7) is -0.291. The fraction of sp³-hybridized carbons (Fsp3) is 0.857. The smallest absolute Gasteiger partial charge is 0.393 e. The molecule has 0 spiro atoms. The predicted octanol–water partition coefficient (Wildman–Crippen LogP) is 1.00. The number of hydrogen-bond acceptors (Lipinski definition) is 2. The number of nitrogens with one attached hydrogen (secondary N) is 1. The fourth-order valence-corrected chi connectivity index (χ4v) is 1.35. The lowest BCUT2D eigenvalue weighted by Gasteiger charge is -2.28. The molecule has 1 aliphatic rings. The minimum absolute atomic E-state index is 0.0412. The standard InChI is InChI=1S/C7H10F3NO2/c8-7(9,10)4-1-2-5(6(12)13)11-3-4/h4-5,11H,1-3H2,(H,12,13)/t4-,5+/m0/s1. The van der Waals surface area contributed by atoms with Gasteiger partial charge in [0.05, 0.1) is 5.92 Å². The molecule has 0 aromatic carbocycles. The van der Waals surface area contributed by atoms with Crippen LogP contribution in [0.3, 0.4) is 0 Å². The van der Waals surface area contributed by atoms with E-state index in [2.05, 4.69) is 5.32 Å². The van der Waals surface area contributed by atoms with Gasteiger partial charge in [0.15, 0.2) is 0 Å². The van der Waals surface area contributed by atoms with Gasteiger partial charge in [-0.25, -0.2) is 0 Å². The van der Waals surface area contributed by atoms with E-state index in [1.165, 1.54) is 0 Å². The van der Waals surface area contributed by atoms with Gasteiger partial charge >= 0.3 is 12.1 Å². The number of aliphatic carboxylic acids is 1. The number of carboxylic acid groups (broad SMARTS) is 1. The number of piperidine rings is 1. The number of carbonyl (C=O) groups is 1. The Morgan fingerprint density at radius 1 is 1.38 bits per heavy atom. The minimum atomic E-state index is -4.21. The second kappa shape index (κ2) is 3.53. The first-order valence-electron chi connectivity index (χ1n) is 3.94. The van der Waals surface area contributed by atoms with Crippen molar-refractivity contribution in [3.05, 3.63) is 0 Å². The van der Waals surface area contributed by atoms with E-state index in [9.17, 15) is 18.0 Å². The molecule has 76 valence electrons. The number of carboxylic acids is 1. The molecule has 6 heteroatoms. The summed E-state index contributed by atoms with van der Waals surface area (Å²) in [5.74, 6) is -2.48. The minimum Gasteiger partial charge on any atom is -0.480 e. The van der Waals surface area contributed by atoms with Crippen LogP contribution >= 0.6 is 0 Å². The van der Waals surface area contributed by atoms with Crippen molar-refractivity contribution in [3.63, 3.8) is 0 Å². The van der Waals surface area contributed by atoms with E-state index in [1.54, 1.807) is 0 Å². The molecule has 0 amide bonds. The molecule has 0 aliphatic carbocycles. The zero-order chi connectivity index (χ0) is 10.1. The average Bonchev–Trinajstić information content (AvgIpc) is 2.03. The monoisotopic (exact) mass is 197 g/mol. The van der Waals surface area contributed by atoms with E-state index in [0.717, 1.165) is 0 Å². The zero-order valence-electron chi connectivity index (χ0n) is 6.77. The highest BCUT2D eigenvalue weighted by Crippen LogP contribution is 2.31. The van der Waals surface area contributed by atoms with Crippen LogP contribution in [0.5, 0.6) is 0 Å². The Labute approximate surface area is 72.9 Å². The molecular formula is C7H10F3NO2. The van der Waals surface area contributed by atoms with Crippen molar-refractivity contribution in [2.45, 2.75) is 25.1 Å². The summed E-state index contributed by atoms with van der Waals surface area (Å²) >= 11 is 0. The van der Waals surface area contributed by atoms with Gasteiger partial charge in [-0.3, -0.25) is 4.79 Å². The van der Waals surface area contributed by atoms with E-state index in [1.807, 2.05) is 0 Å². The second-order valence-corrected chi connectivity index (χ2v) is 3.11. The third-order valence-electron chi connectivity index (χ3n) is 2.18. The molecule has 1 saturated heterocycles. The van der Waals surface area contributed by atoms with Gasteiger partial charge in [0.25, 0.3) is 0 Å². The van der Waals surface area contributed by atoms with Gasteiger partial charge in [-0.2, -0.15) is 13.2 Å². The Morgan fingerprint density at radius 2 is 2.00 bits per heavy atom. The summed E-state index contributed by atoms with van der Waals surface area (Å²) < 4.78 is 36.2. The molecule has 0 bridgehead atoms. The Balaban J connectivity index is 2.44. The number of hydrogen-bond donors (Lipinski definition) is 2. The van der Waals surface area contributed by atoms with Crippen LogP contribution < -0.4 is 5.32 Å². The first-order valence-corrected chi connectivity index (χ1v) is 3.94. The number of halogens is 3. The highest BCUT2D eigenvalue weighted by Gasteiger charge is 2.42. The zero-order valence-corrected chi connectivity index (χ0v) is 6.77. The molecule has 2 atom stereocenters. The van der Waals surface area contributed by atoms with Crippen LogP contribution in [0.4, 0.5) is 13.2 Å². The third kappa shape index (κ3) is 2.58. The van der Waals surface area contributed by atoms with Gasteiger partial charge in [-0.05, 0) is 12.8 Å². The summed E-state index contributed by atoms with van der Waals surface area (Å²) in [4.78, 5) is 10.4. The van der Waals surface area contributed by atoms with Crippen LogP contribution in [-0.4, -0.2) is 29.8 Å². The SMILES string of the molecule is O=C(O)[C@H]1CC[C@H](C(F)(F)F)CN1. The summed E-state index contributed by atoms with van der Waals surface area (Å²) in [5, 5.41) is 10.8. The van der Waals surface area contributed by atoms with Crippen molar-refractivity contribution < 1.29 is 23.1 Å². The van der Waals surface area contributed by atoms with Gasteiger partial charge in [0.2, 0.25) is 0 Å². The first kappa shape index (κ1) is 10.3. The highest BCUT2D eigenvalue weighted by molar-refractivity contribution is 5.73. The summed E-state index contributed by atoms with van der Waals surface area (Å²) in [7, 11) is 0. The van der Waals surface area contributed by atoms with Crippen molar-refractivity contribution >= 4 is 5.97 Å². The van der Waals surface area contributed by atoms with Gasteiger partial charge < -0.3 is 10.4 Å². The van der Waals surface area contributed by atoms with Crippen molar-refractivity contribution in [2.24, 2.45) is 5.92 Å². The van der Waals surface area contributed by atoms with E-state index in [0.29, 0.717) is 0 Å². The van der Waals surface area contributed by atoms with Crippen molar-refractivity contribution in [1.29, 1.82) is 0 Å². The molecule has 1 aliphatic heterocycles. The lowest BCUT2D eigenvalue weighted by atomic mass is 9.94. The molecule has 1 heterocycles. The Kier molecular flexibility index (Phi) is 2.80. The van der Waals surface area contributed by atoms with E-state index in [-0.39, 0.29) is 19.4 Å². The largest absolute Gasteiger partial charge is 0.480 e. The first-order chi connectivity index (χ1) is 5.91. The van der Waals surface area contributed by atoms with Crippen LogP contribution in [0.1, 0.15) is 12.8 Å². The van der Waals surface area contributed by atoms with E-state index >= 15 is 0 Å². The molecule has 13 heavy (non-hydrogen) atoms. The van der Waals surface area contributed by atoms with Crippen LogP contribution in [0.15, 0.2) is 0 Å².